The quantitative estimate of drug-likeness (QED) is 0.826. The van der Waals surface area contributed by atoms with Gasteiger partial charge in [0.25, 0.3) is 0 Å². The van der Waals surface area contributed by atoms with Gasteiger partial charge in [0.1, 0.15) is 5.60 Å². The van der Waals surface area contributed by atoms with E-state index >= 15 is 0 Å². The maximum atomic E-state index is 5.45. The third kappa shape index (κ3) is 2.84. The molecule has 3 atom stereocenters. The van der Waals surface area contributed by atoms with Gasteiger partial charge in [-0.3, -0.25) is 0 Å². The first-order valence-electron chi connectivity index (χ1n) is 6.05. The molecule has 1 rings (SSSR count). The van der Waals surface area contributed by atoms with Gasteiger partial charge in [-0.15, -0.1) is 0 Å². The summed E-state index contributed by atoms with van der Waals surface area (Å²) in [6.07, 6.45) is 0.804. The zero-order chi connectivity index (χ0) is 13.1. The summed E-state index contributed by atoms with van der Waals surface area (Å²) >= 11 is 0. The predicted molar refractivity (Wildman–Crippen MR) is 65.9 cm³/mol. The molecule has 0 aromatic carbocycles. The zero-order valence-corrected chi connectivity index (χ0v) is 11.6. The number of methoxy groups -OCH3 is 1. The topological polar surface area (TPSA) is 60.2 Å². The SMILES string of the molecule is CCC(C)(OC)c1noc(C(C)C(C)NC)n1. The molecule has 1 heterocycles. The molecule has 1 N–H and O–H groups in total. The lowest BCUT2D eigenvalue weighted by atomic mass is 10.0. The minimum atomic E-state index is -0.468. The van der Waals surface area contributed by atoms with Gasteiger partial charge in [-0.25, -0.2) is 0 Å². The first kappa shape index (κ1) is 14.1. The zero-order valence-electron chi connectivity index (χ0n) is 11.6. The van der Waals surface area contributed by atoms with Crippen molar-refractivity contribution in [1.29, 1.82) is 0 Å². The van der Waals surface area contributed by atoms with Crippen LogP contribution in [0.3, 0.4) is 0 Å². The van der Waals surface area contributed by atoms with E-state index in [0.29, 0.717) is 17.8 Å². The molecule has 0 fully saturated rings. The summed E-state index contributed by atoms with van der Waals surface area (Å²) in [6, 6.07) is 0.290. The van der Waals surface area contributed by atoms with Crippen LogP contribution in [0.5, 0.6) is 0 Å². The van der Waals surface area contributed by atoms with Gasteiger partial charge in [0.15, 0.2) is 0 Å². The van der Waals surface area contributed by atoms with Crippen molar-refractivity contribution >= 4 is 0 Å². The van der Waals surface area contributed by atoms with Crippen molar-refractivity contribution in [2.45, 2.75) is 51.7 Å². The van der Waals surface area contributed by atoms with Crippen LogP contribution in [0, 0.1) is 0 Å². The molecule has 98 valence electrons. The first-order valence-corrected chi connectivity index (χ1v) is 6.05. The summed E-state index contributed by atoms with van der Waals surface area (Å²) in [6.45, 7) is 8.16. The number of ether oxygens (including phenoxy) is 1. The third-order valence-corrected chi connectivity index (χ3v) is 3.63. The molecule has 3 unspecified atom stereocenters. The van der Waals surface area contributed by atoms with E-state index < -0.39 is 5.60 Å². The van der Waals surface area contributed by atoms with Gasteiger partial charge in [-0.2, -0.15) is 4.98 Å². The minimum absolute atomic E-state index is 0.180. The van der Waals surface area contributed by atoms with E-state index in [1.54, 1.807) is 7.11 Å². The van der Waals surface area contributed by atoms with Gasteiger partial charge in [0, 0.05) is 13.2 Å². The molecule has 0 radical (unpaired) electrons. The highest BCUT2D eigenvalue weighted by Gasteiger charge is 2.31. The van der Waals surface area contributed by atoms with Gasteiger partial charge in [0.2, 0.25) is 11.7 Å². The fourth-order valence-electron chi connectivity index (χ4n) is 1.49. The Morgan fingerprint density at radius 2 is 2.12 bits per heavy atom. The van der Waals surface area contributed by atoms with Crippen LogP contribution in [0.1, 0.15) is 51.7 Å². The normalized spacial score (nSPS) is 18.7. The molecule has 0 bridgehead atoms. The van der Waals surface area contributed by atoms with Crippen LogP contribution in [0.25, 0.3) is 0 Å². The lowest BCUT2D eigenvalue weighted by Gasteiger charge is -2.22. The molecule has 0 spiro atoms. The number of aromatic nitrogens is 2. The molecule has 5 heteroatoms. The van der Waals surface area contributed by atoms with Gasteiger partial charge < -0.3 is 14.6 Å². The van der Waals surface area contributed by atoms with Crippen molar-refractivity contribution in [3.8, 4) is 0 Å². The lowest BCUT2D eigenvalue weighted by molar-refractivity contribution is -0.0106. The standard InChI is InChI=1S/C12H23N3O2/c1-7-12(4,16-6)11-14-10(17-15-11)8(2)9(3)13-5/h8-9,13H,7H2,1-6H3. The van der Waals surface area contributed by atoms with Crippen molar-refractivity contribution in [2.24, 2.45) is 0 Å². The molecule has 0 amide bonds. The van der Waals surface area contributed by atoms with E-state index in [2.05, 4.69) is 29.3 Å². The van der Waals surface area contributed by atoms with Crippen LogP contribution in [0.4, 0.5) is 0 Å². The molecule has 0 aliphatic rings. The highest BCUT2D eigenvalue weighted by molar-refractivity contribution is 5.02. The summed E-state index contributed by atoms with van der Waals surface area (Å²) < 4.78 is 10.8. The van der Waals surface area contributed by atoms with Crippen molar-refractivity contribution in [3.05, 3.63) is 11.7 Å². The van der Waals surface area contributed by atoms with Crippen molar-refractivity contribution in [2.75, 3.05) is 14.2 Å². The van der Waals surface area contributed by atoms with E-state index in [4.69, 9.17) is 9.26 Å². The molecule has 0 saturated heterocycles. The number of nitrogens with zero attached hydrogens (tertiary/aromatic N) is 2. The van der Waals surface area contributed by atoms with Crippen LogP contribution in [0.15, 0.2) is 4.52 Å². The van der Waals surface area contributed by atoms with Gasteiger partial charge >= 0.3 is 0 Å². The number of rotatable bonds is 6. The van der Waals surface area contributed by atoms with Crippen LogP contribution in [-0.4, -0.2) is 30.3 Å². The monoisotopic (exact) mass is 241 g/mol. The summed E-state index contributed by atoms with van der Waals surface area (Å²) in [4.78, 5) is 4.45. The smallest absolute Gasteiger partial charge is 0.231 e. The Morgan fingerprint density at radius 3 is 2.59 bits per heavy atom. The van der Waals surface area contributed by atoms with E-state index in [1.165, 1.54) is 0 Å². The molecule has 5 nitrogen and oxygen atoms in total. The maximum Gasteiger partial charge on any atom is 0.231 e. The molecule has 1 aromatic rings. The molecule has 17 heavy (non-hydrogen) atoms. The van der Waals surface area contributed by atoms with Crippen molar-refractivity contribution < 1.29 is 9.26 Å². The van der Waals surface area contributed by atoms with Crippen molar-refractivity contribution in [1.82, 2.24) is 15.5 Å². The number of hydrogen-bond donors (Lipinski definition) is 1. The molecular weight excluding hydrogens is 218 g/mol. The first-order chi connectivity index (χ1) is 7.98. The Hall–Kier alpha value is -0.940. The highest BCUT2D eigenvalue weighted by atomic mass is 16.5. The average molecular weight is 241 g/mol. The van der Waals surface area contributed by atoms with Gasteiger partial charge in [-0.05, 0) is 27.3 Å². The Labute approximate surface area is 103 Å². The molecule has 0 aliphatic heterocycles. The minimum Gasteiger partial charge on any atom is -0.370 e. The second kappa shape index (κ2) is 5.60. The van der Waals surface area contributed by atoms with Crippen LogP contribution >= 0.6 is 0 Å². The number of hydrogen-bond acceptors (Lipinski definition) is 5. The molecular formula is C12H23N3O2. The van der Waals surface area contributed by atoms with Crippen molar-refractivity contribution in [3.63, 3.8) is 0 Å². The van der Waals surface area contributed by atoms with E-state index in [9.17, 15) is 0 Å². The summed E-state index contributed by atoms with van der Waals surface area (Å²) in [5, 5.41) is 7.21. The third-order valence-electron chi connectivity index (χ3n) is 3.63. The van der Waals surface area contributed by atoms with Crippen LogP contribution < -0.4 is 5.32 Å². The Morgan fingerprint density at radius 1 is 1.47 bits per heavy atom. The Balaban J connectivity index is 2.91. The molecule has 0 aliphatic carbocycles. The fourth-order valence-corrected chi connectivity index (χ4v) is 1.49. The van der Waals surface area contributed by atoms with Crippen LogP contribution in [0.2, 0.25) is 0 Å². The lowest BCUT2D eigenvalue weighted by Crippen LogP contribution is -2.28. The predicted octanol–water partition coefficient (Wildman–Crippen LogP) is 2.05. The van der Waals surface area contributed by atoms with E-state index in [0.717, 1.165) is 6.42 Å². The van der Waals surface area contributed by atoms with E-state index in [-0.39, 0.29) is 5.92 Å². The Bertz CT molecular complexity index is 347. The molecule has 0 saturated carbocycles. The average Bonchev–Trinajstić information content (AvgIpc) is 2.85. The van der Waals surface area contributed by atoms with Gasteiger partial charge in [-0.1, -0.05) is 19.0 Å². The summed E-state index contributed by atoms with van der Waals surface area (Å²) in [5.74, 6) is 1.45. The highest BCUT2D eigenvalue weighted by Crippen LogP contribution is 2.27. The number of nitrogens with one attached hydrogen (secondary N) is 1. The summed E-state index contributed by atoms with van der Waals surface area (Å²) in [7, 11) is 3.59. The van der Waals surface area contributed by atoms with E-state index in [1.807, 2.05) is 20.9 Å². The largest absolute Gasteiger partial charge is 0.370 e. The maximum absolute atomic E-state index is 5.45. The number of likely N-dealkylation sites (N-methyl/N-ethyl adjacent to an activating group) is 1. The second-order valence-electron chi connectivity index (χ2n) is 4.61. The van der Waals surface area contributed by atoms with Crippen LogP contribution in [-0.2, 0) is 10.3 Å². The summed E-state index contributed by atoms with van der Waals surface area (Å²) in [5.41, 5.74) is -0.468. The molecule has 1 aromatic heterocycles. The van der Waals surface area contributed by atoms with Gasteiger partial charge in [0.05, 0.1) is 5.92 Å². The fraction of sp³-hybridized carbons (Fsp3) is 0.833. The second-order valence-corrected chi connectivity index (χ2v) is 4.61. The Kier molecular flexibility index (Phi) is 4.65.